The lowest BCUT2D eigenvalue weighted by Crippen LogP contribution is -2.49. The average molecular weight is 293 g/mol. The van der Waals surface area contributed by atoms with Crippen LogP contribution in [0.25, 0.3) is 0 Å². The number of aliphatic hydroxyl groups is 2. The van der Waals surface area contributed by atoms with E-state index < -0.39 is 6.10 Å². The monoisotopic (exact) mass is 293 g/mol. The topological polar surface area (TPSA) is 52.5 Å². The van der Waals surface area contributed by atoms with Gasteiger partial charge in [-0.05, 0) is 36.3 Å². The summed E-state index contributed by atoms with van der Waals surface area (Å²) in [4.78, 5) is 0. The Hall–Kier alpha value is -0.900. The van der Waals surface area contributed by atoms with Crippen LogP contribution in [-0.4, -0.2) is 28.9 Å². The van der Waals surface area contributed by atoms with Gasteiger partial charge in [-0.3, -0.25) is 0 Å². The molecule has 120 valence electrons. The molecule has 0 radical (unpaired) electrons. The maximum atomic E-state index is 10.3. The van der Waals surface area contributed by atoms with Gasteiger partial charge in [0.15, 0.2) is 0 Å². The highest BCUT2D eigenvalue weighted by Crippen LogP contribution is 2.18. The van der Waals surface area contributed by atoms with Gasteiger partial charge in [0.1, 0.15) is 0 Å². The molecule has 1 aromatic rings. The van der Waals surface area contributed by atoms with Crippen LogP contribution in [0.4, 0.5) is 0 Å². The van der Waals surface area contributed by atoms with E-state index in [-0.39, 0.29) is 12.1 Å². The zero-order chi connectivity index (χ0) is 15.9. The fourth-order valence-corrected chi connectivity index (χ4v) is 2.56. The molecular weight excluding hydrogens is 262 g/mol. The Morgan fingerprint density at radius 2 is 1.67 bits per heavy atom. The van der Waals surface area contributed by atoms with E-state index in [2.05, 4.69) is 45.1 Å². The summed E-state index contributed by atoms with van der Waals surface area (Å²) in [6.07, 6.45) is 2.22. The van der Waals surface area contributed by atoms with E-state index in [1.165, 1.54) is 5.56 Å². The maximum Gasteiger partial charge on any atom is 0.0914 e. The van der Waals surface area contributed by atoms with Gasteiger partial charge in [0, 0.05) is 12.1 Å². The molecule has 0 heterocycles. The van der Waals surface area contributed by atoms with Crippen molar-refractivity contribution in [3.05, 3.63) is 35.4 Å². The Balaban J connectivity index is 2.61. The SMILES string of the molecule is CCC(CC)(CO)NCC(O)c1ccc(CC(C)C)cc1. The highest BCUT2D eigenvalue weighted by Gasteiger charge is 2.25. The smallest absolute Gasteiger partial charge is 0.0914 e. The van der Waals surface area contributed by atoms with Crippen molar-refractivity contribution >= 4 is 0 Å². The fourth-order valence-electron chi connectivity index (χ4n) is 2.56. The van der Waals surface area contributed by atoms with Crippen molar-refractivity contribution in [2.75, 3.05) is 13.2 Å². The molecule has 1 unspecified atom stereocenters. The Kier molecular flexibility index (Phi) is 7.36. The van der Waals surface area contributed by atoms with Crippen molar-refractivity contribution in [1.82, 2.24) is 5.32 Å². The molecule has 0 amide bonds. The van der Waals surface area contributed by atoms with E-state index in [1.807, 2.05) is 12.1 Å². The molecule has 1 atom stereocenters. The van der Waals surface area contributed by atoms with Crippen LogP contribution in [0.3, 0.4) is 0 Å². The molecule has 0 bridgehead atoms. The summed E-state index contributed by atoms with van der Waals surface area (Å²) in [6.45, 7) is 9.08. The van der Waals surface area contributed by atoms with Gasteiger partial charge >= 0.3 is 0 Å². The second-order valence-electron chi connectivity index (χ2n) is 6.38. The quantitative estimate of drug-likeness (QED) is 0.656. The van der Waals surface area contributed by atoms with Gasteiger partial charge in [-0.15, -0.1) is 0 Å². The number of hydrogen-bond acceptors (Lipinski definition) is 3. The second-order valence-corrected chi connectivity index (χ2v) is 6.38. The summed E-state index contributed by atoms with van der Waals surface area (Å²) in [5, 5.41) is 23.2. The minimum absolute atomic E-state index is 0.0973. The van der Waals surface area contributed by atoms with E-state index in [0.29, 0.717) is 12.5 Å². The molecule has 0 saturated heterocycles. The van der Waals surface area contributed by atoms with Gasteiger partial charge < -0.3 is 15.5 Å². The normalized spacial score (nSPS) is 13.7. The number of nitrogens with one attached hydrogen (secondary N) is 1. The lowest BCUT2D eigenvalue weighted by molar-refractivity contribution is 0.114. The molecule has 0 saturated carbocycles. The van der Waals surface area contributed by atoms with E-state index in [9.17, 15) is 10.2 Å². The third-order valence-corrected chi connectivity index (χ3v) is 4.34. The van der Waals surface area contributed by atoms with Crippen molar-refractivity contribution in [1.29, 1.82) is 0 Å². The number of hydrogen-bond donors (Lipinski definition) is 3. The van der Waals surface area contributed by atoms with Gasteiger partial charge in [-0.2, -0.15) is 0 Å². The van der Waals surface area contributed by atoms with E-state index in [0.717, 1.165) is 24.8 Å². The van der Waals surface area contributed by atoms with Gasteiger partial charge in [-0.1, -0.05) is 52.0 Å². The van der Waals surface area contributed by atoms with Crippen molar-refractivity contribution in [3.63, 3.8) is 0 Å². The van der Waals surface area contributed by atoms with Crippen LogP contribution in [0.1, 0.15) is 57.8 Å². The summed E-state index contributed by atoms with van der Waals surface area (Å²) in [7, 11) is 0. The predicted octanol–water partition coefficient (Wildman–Crippen LogP) is 3.06. The highest BCUT2D eigenvalue weighted by atomic mass is 16.3. The van der Waals surface area contributed by atoms with Crippen LogP contribution >= 0.6 is 0 Å². The summed E-state index contributed by atoms with van der Waals surface area (Å²) in [5.41, 5.74) is 1.95. The van der Waals surface area contributed by atoms with E-state index in [4.69, 9.17) is 0 Å². The zero-order valence-electron chi connectivity index (χ0n) is 13.9. The summed E-state index contributed by atoms with van der Waals surface area (Å²) in [6, 6.07) is 8.19. The molecule has 3 nitrogen and oxygen atoms in total. The number of benzene rings is 1. The van der Waals surface area contributed by atoms with Crippen LogP contribution in [0.5, 0.6) is 0 Å². The number of aliphatic hydroxyl groups excluding tert-OH is 2. The van der Waals surface area contributed by atoms with Crippen LogP contribution in [-0.2, 0) is 6.42 Å². The molecule has 0 aliphatic heterocycles. The first-order valence-electron chi connectivity index (χ1n) is 8.09. The minimum Gasteiger partial charge on any atom is -0.394 e. The number of rotatable bonds is 9. The van der Waals surface area contributed by atoms with Crippen molar-refractivity contribution < 1.29 is 10.2 Å². The molecule has 3 N–H and O–H groups in total. The summed E-state index contributed by atoms with van der Waals surface area (Å²) < 4.78 is 0. The minimum atomic E-state index is -0.540. The second kappa shape index (κ2) is 8.52. The van der Waals surface area contributed by atoms with Crippen LogP contribution in [0.15, 0.2) is 24.3 Å². The molecule has 21 heavy (non-hydrogen) atoms. The Labute approximate surface area is 129 Å². The molecule has 0 aliphatic rings. The molecule has 1 rings (SSSR count). The van der Waals surface area contributed by atoms with Crippen LogP contribution in [0.2, 0.25) is 0 Å². The molecule has 0 aromatic heterocycles. The first-order chi connectivity index (χ1) is 9.96. The third-order valence-electron chi connectivity index (χ3n) is 4.34. The van der Waals surface area contributed by atoms with Gasteiger partial charge in [0.25, 0.3) is 0 Å². The van der Waals surface area contributed by atoms with Gasteiger partial charge in [-0.25, -0.2) is 0 Å². The highest BCUT2D eigenvalue weighted by molar-refractivity contribution is 5.24. The lowest BCUT2D eigenvalue weighted by atomic mass is 9.93. The Morgan fingerprint density at radius 3 is 2.10 bits per heavy atom. The lowest BCUT2D eigenvalue weighted by Gasteiger charge is -2.32. The first kappa shape index (κ1) is 18.1. The largest absolute Gasteiger partial charge is 0.394 e. The predicted molar refractivity (Wildman–Crippen MR) is 88.3 cm³/mol. The standard InChI is InChI=1S/C18H31NO2/c1-5-18(6-2,13-20)19-12-17(21)16-9-7-15(8-10-16)11-14(3)4/h7-10,14,17,19-21H,5-6,11-13H2,1-4H3. The van der Waals surface area contributed by atoms with E-state index >= 15 is 0 Å². The van der Waals surface area contributed by atoms with Crippen molar-refractivity contribution in [2.45, 2.75) is 58.6 Å². The number of β-amino-alcohol motifs (C(OH)–C–C–N with tert-alkyl or cyclic N) is 1. The molecule has 3 heteroatoms. The molecule has 0 spiro atoms. The Morgan fingerprint density at radius 1 is 1.10 bits per heavy atom. The van der Waals surface area contributed by atoms with Crippen LogP contribution < -0.4 is 5.32 Å². The van der Waals surface area contributed by atoms with Gasteiger partial charge in [0.05, 0.1) is 12.7 Å². The maximum absolute atomic E-state index is 10.3. The summed E-state index contributed by atoms with van der Waals surface area (Å²) >= 11 is 0. The average Bonchev–Trinajstić information content (AvgIpc) is 2.49. The van der Waals surface area contributed by atoms with Gasteiger partial charge in [0.2, 0.25) is 0 Å². The van der Waals surface area contributed by atoms with E-state index in [1.54, 1.807) is 0 Å². The van der Waals surface area contributed by atoms with Crippen molar-refractivity contribution in [2.24, 2.45) is 5.92 Å². The molecular formula is C18H31NO2. The Bertz CT molecular complexity index is 388. The zero-order valence-corrected chi connectivity index (χ0v) is 13.9. The van der Waals surface area contributed by atoms with Crippen LogP contribution in [0, 0.1) is 5.92 Å². The third kappa shape index (κ3) is 5.42. The molecule has 0 aliphatic carbocycles. The van der Waals surface area contributed by atoms with Crippen molar-refractivity contribution in [3.8, 4) is 0 Å². The summed E-state index contributed by atoms with van der Waals surface area (Å²) in [5.74, 6) is 0.640. The first-order valence-corrected chi connectivity index (χ1v) is 8.09. The molecule has 0 fully saturated rings. The molecule has 1 aromatic carbocycles. The fraction of sp³-hybridized carbons (Fsp3) is 0.667.